The number of carbonyl (C=O) groups excluding carboxylic acids is 1. The summed E-state index contributed by atoms with van der Waals surface area (Å²) < 4.78 is 5.14. The second-order valence-electron chi connectivity index (χ2n) is 6.25. The third kappa shape index (κ3) is 3.76. The maximum atomic E-state index is 11.7. The smallest absolute Gasteiger partial charge is 0.317 e. The minimum Gasteiger partial charge on any atom is -0.497 e. The lowest BCUT2D eigenvalue weighted by Gasteiger charge is -2.36. The van der Waals surface area contributed by atoms with Crippen molar-refractivity contribution in [2.45, 2.75) is 25.0 Å². The van der Waals surface area contributed by atoms with E-state index in [1.807, 2.05) is 29.2 Å². The van der Waals surface area contributed by atoms with Crippen molar-refractivity contribution < 1.29 is 14.6 Å². The molecule has 0 radical (unpaired) electrons. The highest BCUT2D eigenvalue weighted by Crippen LogP contribution is 2.22. The minimum atomic E-state index is -0.493. The Kier molecular flexibility index (Phi) is 5.03. The van der Waals surface area contributed by atoms with Crippen molar-refractivity contribution in [3.05, 3.63) is 29.8 Å². The van der Waals surface area contributed by atoms with Gasteiger partial charge in [-0.1, -0.05) is 12.1 Å². The lowest BCUT2D eigenvalue weighted by Crippen LogP contribution is -2.46. The summed E-state index contributed by atoms with van der Waals surface area (Å²) in [5, 5.41) is 13.3. The van der Waals surface area contributed by atoms with Crippen molar-refractivity contribution in [2.24, 2.45) is 0 Å². The molecule has 126 valence electrons. The fraction of sp³-hybridized carbons (Fsp3) is 0.588. The summed E-state index contributed by atoms with van der Waals surface area (Å²) in [7, 11) is 1.64. The number of benzene rings is 1. The van der Waals surface area contributed by atoms with Crippen LogP contribution in [0.2, 0.25) is 0 Å². The van der Waals surface area contributed by atoms with Gasteiger partial charge in [0.05, 0.1) is 13.2 Å². The lowest BCUT2D eigenvalue weighted by molar-refractivity contribution is 0.0795. The van der Waals surface area contributed by atoms with E-state index in [2.05, 4.69) is 10.2 Å². The molecule has 6 heteroatoms. The van der Waals surface area contributed by atoms with Crippen molar-refractivity contribution in [3.63, 3.8) is 0 Å². The Morgan fingerprint density at radius 2 is 1.96 bits per heavy atom. The summed E-state index contributed by atoms with van der Waals surface area (Å²) in [6.45, 7) is 4.04. The molecule has 2 heterocycles. The van der Waals surface area contributed by atoms with Crippen LogP contribution in [-0.2, 0) is 0 Å². The monoisotopic (exact) mass is 319 g/mol. The second kappa shape index (κ2) is 7.19. The summed E-state index contributed by atoms with van der Waals surface area (Å²) >= 11 is 0. The van der Waals surface area contributed by atoms with E-state index in [-0.39, 0.29) is 6.03 Å². The number of nitrogens with one attached hydrogen (secondary N) is 1. The van der Waals surface area contributed by atoms with E-state index in [9.17, 15) is 9.90 Å². The highest BCUT2D eigenvalue weighted by Gasteiger charge is 2.31. The van der Waals surface area contributed by atoms with E-state index < -0.39 is 6.10 Å². The van der Waals surface area contributed by atoms with Crippen LogP contribution in [0.15, 0.2) is 24.3 Å². The molecule has 0 saturated carbocycles. The summed E-state index contributed by atoms with van der Waals surface area (Å²) in [5.74, 6) is 0.797. The van der Waals surface area contributed by atoms with Crippen LogP contribution in [0.25, 0.3) is 0 Å². The topological polar surface area (TPSA) is 65.0 Å². The van der Waals surface area contributed by atoms with Crippen LogP contribution in [0.4, 0.5) is 4.79 Å². The highest BCUT2D eigenvalue weighted by atomic mass is 16.5. The Balaban J connectivity index is 1.48. The van der Waals surface area contributed by atoms with Crippen molar-refractivity contribution in [3.8, 4) is 5.75 Å². The van der Waals surface area contributed by atoms with Gasteiger partial charge in [0.1, 0.15) is 5.75 Å². The van der Waals surface area contributed by atoms with E-state index >= 15 is 0 Å². The first kappa shape index (κ1) is 16.1. The Labute approximate surface area is 137 Å². The molecule has 2 fully saturated rings. The summed E-state index contributed by atoms with van der Waals surface area (Å²) in [6, 6.07) is 7.97. The molecule has 3 rings (SSSR count). The molecular weight excluding hydrogens is 294 g/mol. The molecule has 2 saturated heterocycles. The van der Waals surface area contributed by atoms with Crippen LogP contribution < -0.4 is 10.1 Å². The van der Waals surface area contributed by atoms with Crippen LogP contribution in [0.5, 0.6) is 5.75 Å². The predicted octanol–water partition coefficient (Wildman–Crippen LogP) is 1.22. The molecule has 2 aliphatic rings. The van der Waals surface area contributed by atoms with Crippen LogP contribution in [0.3, 0.4) is 0 Å². The molecule has 2 N–H and O–H groups in total. The molecule has 2 aliphatic heterocycles. The molecule has 0 bridgehead atoms. The molecule has 2 amide bonds. The van der Waals surface area contributed by atoms with Gasteiger partial charge in [0.15, 0.2) is 0 Å². The Hall–Kier alpha value is -1.79. The van der Waals surface area contributed by atoms with E-state index in [0.717, 1.165) is 50.3 Å². The van der Waals surface area contributed by atoms with Gasteiger partial charge < -0.3 is 25.0 Å². The summed E-state index contributed by atoms with van der Waals surface area (Å²) in [6.07, 6.45) is 1.46. The van der Waals surface area contributed by atoms with Crippen molar-refractivity contribution in [1.82, 2.24) is 15.1 Å². The number of β-amino-alcohol motifs (C(OH)–C–C–N with tert-alkyl or cyclic N) is 1. The number of aliphatic hydroxyl groups excluding tert-OH is 1. The second-order valence-corrected chi connectivity index (χ2v) is 6.25. The molecule has 0 spiro atoms. The summed E-state index contributed by atoms with van der Waals surface area (Å²) in [4.78, 5) is 16.0. The maximum Gasteiger partial charge on any atom is 0.317 e. The summed E-state index contributed by atoms with van der Waals surface area (Å²) in [5.41, 5.74) is 0.909. The molecule has 1 unspecified atom stereocenters. The van der Waals surface area contributed by atoms with Gasteiger partial charge in [-0.3, -0.25) is 0 Å². The quantitative estimate of drug-likeness (QED) is 0.856. The third-order valence-electron chi connectivity index (χ3n) is 4.82. The number of nitrogens with zero attached hydrogens (tertiary/aromatic N) is 2. The SMILES string of the molecule is COc1ccc(C(O)CN2CCC(N3CCNC3=O)CC2)cc1. The first-order chi connectivity index (χ1) is 11.2. The number of hydrogen-bond donors (Lipinski definition) is 2. The maximum absolute atomic E-state index is 11.7. The average molecular weight is 319 g/mol. The zero-order valence-corrected chi connectivity index (χ0v) is 13.6. The van der Waals surface area contributed by atoms with E-state index in [1.54, 1.807) is 7.11 Å². The fourth-order valence-electron chi connectivity index (χ4n) is 3.42. The number of aliphatic hydroxyl groups is 1. The van der Waals surface area contributed by atoms with Crippen LogP contribution >= 0.6 is 0 Å². The van der Waals surface area contributed by atoms with Gasteiger partial charge in [0.2, 0.25) is 0 Å². The van der Waals surface area contributed by atoms with Crippen molar-refractivity contribution in [2.75, 3.05) is 39.8 Å². The number of amides is 2. The van der Waals surface area contributed by atoms with E-state index in [1.165, 1.54) is 0 Å². The normalized spacial score (nSPS) is 21.3. The zero-order chi connectivity index (χ0) is 16.2. The number of hydrogen-bond acceptors (Lipinski definition) is 4. The molecule has 1 atom stereocenters. The van der Waals surface area contributed by atoms with Crippen LogP contribution in [0.1, 0.15) is 24.5 Å². The van der Waals surface area contributed by atoms with Gasteiger partial charge in [-0.2, -0.15) is 0 Å². The van der Waals surface area contributed by atoms with Crippen molar-refractivity contribution in [1.29, 1.82) is 0 Å². The molecule has 23 heavy (non-hydrogen) atoms. The minimum absolute atomic E-state index is 0.0710. The van der Waals surface area contributed by atoms with E-state index in [0.29, 0.717) is 12.6 Å². The van der Waals surface area contributed by atoms with Gasteiger partial charge >= 0.3 is 6.03 Å². The number of likely N-dealkylation sites (tertiary alicyclic amines) is 1. The Morgan fingerprint density at radius 3 is 2.52 bits per heavy atom. The Morgan fingerprint density at radius 1 is 1.26 bits per heavy atom. The molecule has 1 aromatic rings. The zero-order valence-electron chi connectivity index (χ0n) is 13.6. The van der Waals surface area contributed by atoms with Gasteiger partial charge in [0.25, 0.3) is 0 Å². The number of methoxy groups -OCH3 is 1. The van der Waals surface area contributed by atoms with Crippen LogP contribution in [-0.4, -0.2) is 66.8 Å². The fourth-order valence-corrected chi connectivity index (χ4v) is 3.42. The molecular formula is C17H25N3O3. The number of rotatable bonds is 5. The largest absolute Gasteiger partial charge is 0.497 e. The van der Waals surface area contributed by atoms with Gasteiger partial charge in [-0.15, -0.1) is 0 Å². The first-order valence-corrected chi connectivity index (χ1v) is 8.26. The van der Waals surface area contributed by atoms with E-state index in [4.69, 9.17) is 4.74 Å². The molecule has 1 aromatic carbocycles. The molecule has 0 aromatic heterocycles. The Bertz CT molecular complexity index is 526. The number of carbonyl (C=O) groups is 1. The standard InChI is InChI=1S/C17H25N3O3/c1-23-15-4-2-13(3-5-15)16(21)12-19-9-6-14(7-10-19)20-11-8-18-17(20)22/h2-5,14,16,21H,6-12H2,1H3,(H,18,22). The van der Waals surface area contributed by atoms with Crippen molar-refractivity contribution >= 4 is 6.03 Å². The van der Waals surface area contributed by atoms with Gasteiger partial charge in [0, 0.05) is 38.8 Å². The highest BCUT2D eigenvalue weighted by molar-refractivity contribution is 5.76. The van der Waals surface area contributed by atoms with Crippen LogP contribution in [0, 0.1) is 0 Å². The molecule has 0 aliphatic carbocycles. The van der Waals surface area contributed by atoms with Gasteiger partial charge in [-0.05, 0) is 30.5 Å². The number of ether oxygens (including phenoxy) is 1. The molecule has 6 nitrogen and oxygen atoms in total. The number of piperidine rings is 1. The number of urea groups is 1. The van der Waals surface area contributed by atoms with Gasteiger partial charge in [-0.25, -0.2) is 4.79 Å². The third-order valence-corrected chi connectivity index (χ3v) is 4.82. The first-order valence-electron chi connectivity index (χ1n) is 8.26. The predicted molar refractivity (Wildman–Crippen MR) is 87.5 cm³/mol. The average Bonchev–Trinajstić information content (AvgIpc) is 3.01. The lowest BCUT2D eigenvalue weighted by atomic mass is 10.0.